The molecule has 0 aromatic rings. The Kier molecular flexibility index (Phi) is 3.89. The van der Waals surface area contributed by atoms with Gasteiger partial charge in [-0.2, -0.15) is 0 Å². The lowest BCUT2D eigenvalue weighted by Gasteiger charge is -2.27. The zero-order valence-electron chi connectivity index (χ0n) is 9.01. The number of nitrogens with one attached hydrogen (secondary N) is 1. The van der Waals surface area contributed by atoms with Crippen LogP contribution in [0.25, 0.3) is 0 Å². The predicted octanol–water partition coefficient (Wildman–Crippen LogP) is 0.124. The summed E-state index contributed by atoms with van der Waals surface area (Å²) in [5.74, 6) is 0.218. The molecule has 4 heteroatoms. The van der Waals surface area contributed by atoms with Crippen molar-refractivity contribution in [2.45, 2.75) is 20.3 Å². The third kappa shape index (κ3) is 2.07. The fourth-order valence-corrected chi connectivity index (χ4v) is 2.03. The topological polar surface area (TPSA) is 64.3 Å². The molecular formula is C10H20N2O2. The molecule has 1 saturated heterocycles. The van der Waals surface area contributed by atoms with E-state index in [9.17, 15) is 4.79 Å². The first-order chi connectivity index (χ1) is 6.65. The molecule has 1 aliphatic heterocycles. The van der Waals surface area contributed by atoms with Gasteiger partial charge in [-0.25, -0.2) is 0 Å². The van der Waals surface area contributed by atoms with E-state index in [1.807, 2.05) is 13.8 Å². The maximum Gasteiger partial charge on any atom is 0.313 e. The van der Waals surface area contributed by atoms with Crippen LogP contribution in [0, 0.1) is 11.3 Å². The Morgan fingerprint density at radius 1 is 1.71 bits per heavy atom. The van der Waals surface area contributed by atoms with E-state index < -0.39 is 0 Å². The highest BCUT2D eigenvalue weighted by atomic mass is 16.5. The van der Waals surface area contributed by atoms with Crippen molar-refractivity contribution in [1.82, 2.24) is 5.32 Å². The maximum absolute atomic E-state index is 11.7. The number of nitrogens with two attached hydrogens (primary N) is 1. The van der Waals surface area contributed by atoms with E-state index in [1.165, 1.54) is 0 Å². The monoisotopic (exact) mass is 200 g/mol. The number of hydrogen-bond donors (Lipinski definition) is 2. The van der Waals surface area contributed by atoms with E-state index >= 15 is 0 Å². The molecule has 1 fully saturated rings. The number of carbonyl (C=O) groups excluding carboxylic acids is 1. The molecule has 82 valence electrons. The van der Waals surface area contributed by atoms with Gasteiger partial charge >= 0.3 is 5.97 Å². The van der Waals surface area contributed by atoms with Crippen LogP contribution < -0.4 is 11.1 Å². The Labute approximate surface area is 85.2 Å². The Bertz CT molecular complexity index is 208. The van der Waals surface area contributed by atoms with E-state index in [2.05, 4.69) is 5.32 Å². The van der Waals surface area contributed by atoms with Gasteiger partial charge in [-0.3, -0.25) is 4.79 Å². The SMILES string of the molecule is CCOC(=O)[C@@]1(C)CNC[C@H]1CCN. The first-order valence-corrected chi connectivity index (χ1v) is 5.23. The highest BCUT2D eigenvalue weighted by Gasteiger charge is 2.45. The molecule has 0 spiro atoms. The van der Waals surface area contributed by atoms with Crippen LogP contribution in [0.2, 0.25) is 0 Å². The highest BCUT2D eigenvalue weighted by Crippen LogP contribution is 2.34. The second-order valence-corrected chi connectivity index (χ2v) is 4.04. The maximum atomic E-state index is 11.7. The largest absolute Gasteiger partial charge is 0.466 e. The summed E-state index contributed by atoms with van der Waals surface area (Å²) in [5, 5.41) is 3.23. The van der Waals surface area contributed by atoms with Crippen molar-refractivity contribution in [3.05, 3.63) is 0 Å². The van der Waals surface area contributed by atoms with Gasteiger partial charge in [0.15, 0.2) is 0 Å². The number of ether oxygens (including phenoxy) is 1. The van der Waals surface area contributed by atoms with Gasteiger partial charge < -0.3 is 15.8 Å². The second kappa shape index (κ2) is 4.75. The van der Waals surface area contributed by atoms with Gasteiger partial charge in [0.2, 0.25) is 0 Å². The first-order valence-electron chi connectivity index (χ1n) is 5.23. The molecule has 3 N–H and O–H groups in total. The average Bonchev–Trinajstić information content (AvgIpc) is 2.51. The average molecular weight is 200 g/mol. The Hall–Kier alpha value is -0.610. The summed E-state index contributed by atoms with van der Waals surface area (Å²) in [7, 11) is 0. The lowest BCUT2D eigenvalue weighted by atomic mass is 9.78. The van der Waals surface area contributed by atoms with Gasteiger partial charge in [-0.1, -0.05) is 0 Å². The molecule has 0 radical (unpaired) electrons. The smallest absolute Gasteiger partial charge is 0.313 e. The molecule has 1 aliphatic rings. The summed E-state index contributed by atoms with van der Waals surface area (Å²) in [6, 6.07) is 0. The normalized spacial score (nSPS) is 31.8. The Balaban J connectivity index is 2.65. The van der Waals surface area contributed by atoms with Crippen LogP contribution in [0.3, 0.4) is 0 Å². The molecule has 1 rings (SSSR count). The third-order valence-corrected chi connectivity index (χ3v) is 3.04. The summed E-state index contributed by atoms with van der Waals surface area (Å²) >= 11 is 0. The van der Waals surface area contributed by atoms with E-state index in [4.69, 9.17) is 10.5 Å². The molecule has 0 aromatic heterocycles. The minimum absolute atomic E-state index is 0.0940. The fourth-order valence-electron chi connectivity index (χ4n) is 2.03. The first kappa shape index (κ1) is 11.5. The van der Waals surface area contributed by atoms with E-state index in [1.54, 1.807) is 0 Å². The van der Waals surface area contributed by atoms with Crippen LogP contribution in [0.1, 0.15) is 20.3 Å². The number of hydrogen-bond acceptors (Lipinski definition) is 4. The minimum Gasteiger partial charge on any atom is -0.466 e. The summed E-state index contributed by atoms with van der Waals surface area (Å²) < 4.78 is 5.09. The Morgan fingerprint density at radius 2 is 2.43 bits per heavy atom. The van der Waals surface area contributed by atoms with Crippen LogP contribution in [0.15, 0.2) is 0 Å². The van der Waals surface area contributed by atoms with Crippen molar-refractivity contribution < 1.29 is 9.53 Å². The van der Waals surface area contributed by atoms with Crippen molar-refractivity contribution in [1.29, 1.82) is 0 Å². The lowest BCUT2D eigenvalue weighted by molar-refractivity contribution is -0.155. The van der Waals surface area contributed by atoms with E-state index in [0.717, 1.165) is 13.0 Å². The van der Waals surface area contributed by atoms with Crippen LogP contribution in [0.5, 0.6) is 0 Å². The van der Waals surface area contributed by atoms with Crippen LogP contribution in [0.4, 0.5) is 0 Å². The second-order valence-electron chi connectivity index (χ2n) is 4.04. The Morgan fingerprint density at radius 3 is 3.00 bits per heavy atom. The van der Waals surface area contributed by atoms with Gasteiger partial charge in [0.05, 0.1) is 12.0 Å². The van der Waals surface area contributed by atoms with E-state index in [0.29, 0.717) is 25.6 Å². The zero-order chi connectivity index (χ0) is 10.6. The quantitative estimate of drug-likeness (QED) is 0.633. The van der Waals surface area contributed by atoms with Gasteiger partial charge in [0.1, 0.15) is 0 Å². The van der Waals surface area contributed by atoms with Gasteiger partial charge in [0.25, 0.3) is 0 Å². The van der Waals surface area contributed by atoms with Crippen molar-refractivity contribution >= 4 is 5.97 Å². The van der Waals surface area contributed by atoms with Crippen molar-refractivity contribution in [2.24, 2.45) is 17.1 Å². The summed E-state index contributed by atoms with van der Waals surface area (Å²) in [6.07, 6.45) is 0.877. The lowest BCUT2D eigenvalue weighted by Crippen LogP contribution is -2.38. The molecule has 0 amide bonds. The summed E-state index contributed by atoms with van der Waals surface area (Å²) in [6.45, 7) is 6.45. The van der Waals surface area contributed by atoms with Crippen molar-refractivity contribution in [3.8, 4) is 0 Å². The van der Waals surface area contributed by atoms with Gasteiger partial charge in [-0.15, -0.1) is 0 Å². The van der Waals surface area contributed by atoms with Gasteiger partial charge in [-0.05, 0) is 39.3 Å². The molecule has 0 unspecified atom stereocenters. The number of esters is 1. The third-order valence-electron chi connectivity index (χ3n) is 3.04. The molecule has 14 heavy (non-hydrogen) atoms. The molecule has 2 atom stereocenters. The van der Waals surface area contributed by atoms with Crippen LogP contribution >= 0.6 is 0 Å². The van der Waals surface area contributed by atoms with Crippen molar-refractivity contribution in [2.75, 3.05) is 26.2 Å². The number of carbonyl (C=O) groups is 1. The predicted molar refractivity (Wildman–Crippen MR) is 54.8 cm³/mol. The molecule has 0 saturated carbocycles. The highest BCUT2D eigenvalue weighted by molar-refractivity contribution is 5.77. The van der Waals surface area contributed by atoms with Crippen molar-refractivity contribution in [3.63, 3.8) is 0 Å². The molecule has 1 heterocycles. The zero-order valence-corrected chi connectivity index (χ0v) is 9.01. The summed E-state index contributed by atoms with van der Waals surface area (Å²) in [4.78, 5) is 11.7. The minimum atomic E-state index is -0.380. The number of rotatable bonds is 4. The fraction of sp³-hybridized carbons (Fsp3) is 0.900. The molecular weight excluding hydrogens is 180 g/mol. The van der Waals surface area contributed by atoms with Gasteiger partial charge in [0, 0.05) is 6.54 Å². The molecule has 0 aliphatic carbocycles. The molecule has 4 nitrogen and oxygen atoms in total. The standard InChI is InChI=1S/C10H20N2O2/c1-3-14-9(13)10(2)7-12-6-8(10)4-5-11/h8,12H,3-7,11H2,1-2H3/t8-,10+/m1/s1. The molecule has 0 aromatic carbocycles. The molecule has 0 bridgehead atoms. The van der Waals surface area contributed by atoms with Crippen LogP contribution in [-0.2, 0) is 9.53 Å². The summed E-state index contributed by atoms with van der Waals surface area (Å²) in [5.41, 5.74) is 5.14. The van der Waals surface area contributed by atoms with Crippen LogP contribution in [-0.4, -0.2) is 32.2 Å². The van der Waals surface area contributed by atoms with E-state index in [-0.39, 0.29) is 11.4 Å².